The molecule has 1 saturated heterocycles. The summed E-state index contributed by atoms with van der Waals surface area (Å²) in [6.07, 6.45) is 0. The van der Waals surface area contributed by atoms with Crippen LogP contribution in [0.3, 0.4) is 0 Å². The lowest BCUT2D eigenvalue weighted by molar-refractivity contribution is -0.132. The molecular formula is C30H31NO5. The number of amides is 1. The van der Waals surface area contributed by atoms with Crippen molar-refractivity contribution in [1.82, 2.24) is 0 Å². The number of ether oxygens (including phenoxy) is 2. The van der Waals surface area contributed by atoms with Gasteiger partial charge >= 0.3 is 0 Å². The molecule has 0 spiro atoms. The Morgan fingerprint density at radius 3 is 2.44 bits per heavy atom. The van der Waals surface area contributed by atoms with Crippen LogP contribution in [0.15, 0.2) is 72.3 Å². The lowest BCUT2D eigenvalue weighted by atomic mass is 9.94. The molecule has 3 aromatic rings. The van der Waals surface area contributed by atoms with Crippen molar-refractivity contribution in [3.8, 4) is 11.5 Å². The van der Waals surface area contributed by atoms with Crippen LogP contribution in [0.4, 0.5) is 5.69 Å². The summed E-state index contributed by atoms with van der Waals surface area (Å²) in [4.78, 5) is 28.5. The summed E-state index contributed by atoms with van der Waals surface area (Å²) in [6.45, 7) is 8.48. The van der Waals surface area contributed by atoms with Crippen molar-refractivity contribution in [3.63, 3.8) is 0 Å². The number of Topliss-reactive ketones (excluding diaryl/α,β-unsaturated/α-hetero) is 1. The fourth-order valence-electron chi connectivity index (χ4n) is 4.42. The van der Waals surface area contributed by atoms with E-state index in [-0.39, 0.29) is 11.3 Å². The van der Waals surface area contributed by atoms with Crippen LogP contribution in [-0.2, 0) is 9.59 Å². The van der Waals surface area contributed by atoms with Gasteiger partial charge in [-0.15, -0.1) is 0 Å². The summed E-state index contributed by atoms with van der Waals surface area (Å²) in [7, 11) is 1.54. The Morgan fingerprint density at radius 2 is 1.72 bits per heavy atom. The fraction of sp³-hybridized carbons (Fsp3) is 0.267. The second kappa shape index (κ2) is 10.3. The van der Waals surface area contributed by atoms with Gasteiger partial charge in [-0.3, -0.25) is 14.5 Å². The number of carbonyl (C=O) groups excluding carboxylic acids is 2. The number of aliphatic hydroxyl groups is 1. The van der Waals surface area contributed by atoms with Gasteiger partial charge in [-0.2, -0.15) is 0 Å². The molecule has 0 aliphatic carbocycles. The number of rotatable bonds is 7. The van der Waals surface area contributed by atoms with Crippen LogP contribution in [0.25, 0.3) is 5.76 Å². The van der Waals surface area contributed by atoms with E-state index in [2.05, 4.69) is 0 Å². The van der Waals surface area contributed by atoms with Crippen molar-refractivity contribution in [2.45, 2.75) is 33.7 Å². The second-order valence-corrected chi connectivity index (χ2v) is 9.36. The molecule has 1 N–H and O–H groups in total. The predicted molar refractivity (Wildman–Crippen MR) is 140 cm³/mol. The number of nitrogens with zero attached hydrogens (tertiary/aromatic N) is 1. The van der Waals surface area contributed by atoms with E-state index in [0.717, 1.165) is 11.1 Å². The molecule has 1 atom stereocenters. The summed E-state index contributed by atoms with van der Waals surface area (Å²) < 4.78 is 11.4. The predicted octanol–water partition coefficient (Wildman–Crippen LogP) is 5.97. The summed E-state index contributed by atoms with van der Waals surface area (Å²) in [6, 6.07) is 18.9. The minimum absolute atomic E-state index is 0.00594. The standard InChI is InChI=1S/C30H31NO5/c1-18(2)17-36-22-12-9-11-21(16-22)28(32)26-27(23-13-6-7-15-25(23)35-5)31(30(34)29(26)33)24-14-8-10-19(3)20(24)4/h6-16,18,27,32H,17H2,1-5H3/b28-26+. The number of methoxy groups -OCH3 is 1. The molecule has 4 rings (SSSR count). The van der Waals surface area contributed by atoms with Gasteiger partial charge in [0.05, 0.1) is 25.3 Å². The van der Waals surface area contributed by atoms with Crippen LogP contribution in [-0.4, -0.2) is 30.5 Å². The van der Waals surface area contributed by atoms with E-state index in [1.807, 2.05) is 64.1 Å². The van der Waals surface area contributed by atoms with Crippen LogP contribution in [0.5, 0.6) is 11.5 Å². The second-order valence-electron chi connectivity index (χ2n) is 9.36. The molecule has 0 radical (unpaired) electrons. The number of hydrogen-bond donors (Lipinski definition) is 1. The maximum Gasteiger partial charge on any atom is 0.300 e. The molecular weight excluding hydrogens is 454 g/mol. The number of aliphatic hydroxyl groups excluding tert-OH is 1. The van der Waals surface area contributed by atoms with Crippen LogP contribution in [0.2, 0.25) is 0 Å². The molecule has 0 saturated carbocycles. The zero-order chi connectivity index (χ0) is 26.0. The molecule has 1 unspecified atom stereocenters. The first-order chi connectivity index (χ1) is 17.2. The third kappa shape index (κ3) is 4.59. The maximum absolute atomic E-state index is 13.5. The summed E-state index contributed by atoms with van der Waals surface area (Å²) in [5.74, 6) is -0.293. The van der Waals surface area contributed by atoms with E-state index in [1.165, 1.54) is 4.90 Å². The molecule has 1 amide bonds. The van der Waals surface area contributed by atoms with Crippen LogP contribution >= 0.6 is 0 Å². The molecule has 186 valence electrons. The van der Waals surface area contributed by atoms with Gasteiger partial charge in [-0.1, -0.05) is 56.3 Å². The van der Waals surface area contributed by atoms with E-state index in [1.54, 1.807) is 37.4 Å². The largest absolute Gasteiger partial charge is 0.507 e. The van der Waals surface area contributed by atoms with Gasteiger partial charge in [-0.25, -0.2) is 0 Å². The molecule has 1 aliphatic rings. The van der Waals surface area contributed by atoms with Crippen molar-refractivity contribution >= 4 is 23.1 Å². The summed E-state index contributed by atoms with van der Waals surface area (Å²) >= 11 is 0. The zero-order valence-corrected chi connectivity index (χ0v) is 21.2. The number of ketones is 1. The fourth-order valence-corrected chi connectivity index (χ4v) is 4.42. The van der Waals surface area contributed by atoms with Crippen molar-refractivity contribution < 1.29 is 24.2 Å². The van der Waals surface area contributed by atoms with Gasteiger partial charge in [0.1, 0.15) is 17.3 Å². The highest BCUT2D eigenvalue weighted by atomic mass is 16.5. The SMILES string of the molecule is COc1ccccc1C1/C(=C(\O)c2cccc(OCC(C)C)c2)C(=O)C(=O)N1c1cccc(C)c1C. The highest BCUT2D eigenvalue weighted by Gasteiger charge is 2.48. The Bertz CT molecular complexity index is 1340. The Kier molecular flexibility index (Phi) is 7.15. The van der Waals surface area contributed by atoms with Crippen LogP contribution in [0, 0.1) is 19.8 Å². The van der Waals surface area contributed by atoms with Gasteiger partial charge in [0.15, 0.2) is 0 Å². The third-order valence-electron chi connectivity index (χ3n) is 6.40. The third-order valence-corrected chi connectivity index (χ3v) is 6.40. The molecule has 3 aromatic carbocycles. The molecule has 6 heteroatoms. The van der Waals surface area contributed by atoms with Gasteiger partial charge in [0.2, 0.25) is 0 Å². The lowest BCUT2D eigenvalue weighted by Crippen LogP contribution is -2.30. The number of carbonyl (C=O) groups is 2. The topological polar surface area (TPSA) is 76.1 Å². The smallest absolute Gasteiger partial charge is 0.300 e. The van der Waals surface area contributed by atoms with E-state index < -0.39 is 17.7 Å². The van der Waals surface area contributed by atoms with Gasteiger partial charge in [0, 0.05) is 16.8 Å². The molecule has 36 heavy (non-hydrogen) atoms. The summed E-state index contributed by atoms with van der Waals surface area (Å²) in [5, 5.41) is 11.5. The minimum atomic E-state index is -0.873. The van der Waals surface area contributed by atoms with Gasteiger partial charge in [0.25, 0.3) is 11.7 Å². The number of benzene rings is 3. The molecule has 6 nitrogen and oxygen atoms in total. The van der Waals surface area contributed by atoms with E-state index in [9.17, 15) is 14.7 Å². The quantitative estimate of drug-likeness (QED) is 0.253. The van der Waals surface area contributed by atoms with Crippen LogP contribution < -0.4 is 14.4 Å². The first-order valence-electron chi connectivity index (χ1n) is 12.0. The van der Waals surface area contributed by atoms with Crippen molar-refractivity contribution in [2.24, 2.45) is 5.92 Å². The normalized spacial score (nSPS) is 17.1. The Morgan fingerprint density at radius 1 is 1.00 bits per heavy atom. The number of aryl methyl sites for hydroxylation is 1. The Balaban J connectivity index is 1.93. The number of anilines is 1. The highest BCUT2D eigenvalue weighted by Crippen LogP contribution is 2.46. The average molecular weight is 486 g/mol. The van der Waals surface area contributed by atoms with E-state index in [0.29, 0.717) is 40.8 Å². The highest BCUT2D eigenvalue weighted by molar-refractivity contribution is 6.51. The zero-order valence-electron chi connectivity index (χ0n) is 21.2. The van der Waals surface area contributed by atoms with Gasteiger partial charge < -0.3 is 14.6 Å². The van der Waals surface area contributed by atoms with Crippen molar-refractivity contribution in [2.75, 3.05) is 18.6 Å². The van der Waals surface area contributed by atoms with Crippen molar-refractivity contribution in [1.29, 1.82) is 0 Å². The molecule has 1 aliphatic heterocycles. The lowest BCUT2D eigenvalue weighted by Gasteiger charge is -2.28. The number of para-hydroxylation sites is 1. The first-order valence-corrected chi connectivity index (χ1v) is 12.0. The first kappa shape index (κ1) is 25.0. The van der Waals surface area contributed by atoms with Crippen LogP contribution in [0.1, 0.15) is 42.1 Å². The monoisotopic (exact) mass is 485 g/mol. The number of hydrogen-bond acceptors (Lipinski definition) is 5. The molecule has 1 heterocycles. The molecule has 1 fully saturated rings. The maximum atomic E-state index is 13.5. The van der Waals surface area contributed by atoms with Crippen molar-refractivity contribution in [3.05, 3.63) is 94.6 Å². The average Bonchev–Trinajstić information content (AvgIpc) is 3.14. The summed E-state index contributed by atoms with van der Waals surface area (Å²) in [5.41, 5.74) is 3.49. The van der Waals surface area contributed by atoms with E-state index in [4.69, 9.17) is 9.47 Å². The van der Waals surface area contributed by atoms with E-state index >= 15 is 0 Å². The van der Waals surface area contributed by atoms with Gasteiger partial charge in [-0.05, 0) is 55.2 Å². The molecule has 0 bridgehead atoms. The molecule has 0 aromatic heterocycles. The Hall–Kier alpha value is -4.06. The Labute approximate surface area is 211 Å². The minimum Gasteiger partial charge on any atom is -0.507 e.